The van der Waals surface area contributed by atoms with Crippen molar-refractivity contribution in [3.8, 4) is 0 Å². The summed E-state index contributed by atoms with van der Waals surface area (Å²) in [6.07, 6.45) is -1.86. The van der Waals surface area contributed by atoms with Crippen LogP contribution in [-0.2, 0) is 12.7 Å². The molecule has 0 heterocycles. The van der Waals surface area contributed by atoms with Gasteiger partial charge in [-0.2, -0.15) is 13.2 Å². The van der Waals surface area contributed by atoms with Crippen LogP contribution in [0.1, 0.15) is 30.9 Å². The van der Waals surface area contributed by atoms with Crippen LogP contribution in [0.3, 0.4) is 0 Å². The highest BCUT2D eigenvalue weighted by molar-refractivity contribution is 5.29. The van der Waals surface area contributed by atoms with E-state index in [-0.39, 0.29) is 12.6 Å². The summed E-state index contributed by atoms with van der Waals surface area (Å²) >= 11 is 0. The predicted molar refractivity (Wildman–Crippen MR) is 68.8 cm³/mol. The monoisotopic (exact) mass is 272 g/mol. The van der Waals surface area contributed by atoms with Crippen LogP contribution in [0.5, 0.6) is 0 Å². The molecule has 5 heteroatoms. The van der Waals surface area contributed by atoms with Crippen LogP contribution in [0.15, 0.2) is 24.3 Å². The Hall–Kier alpha value is -1.07. The normalized spacial score (nSPS) is 17.5. The first-order valence-corrected chi connectivity index (χ1v) is 6.58. The number of benzene rings is 1. The van der Waals surface area contributed by atoms with Crippen molar-refractivity contribution in [3.63, 3.8) is 0 Å². The largest absolute Gasteiger partial charge is 0.416 e. The van der Waals surface area contributed by atoms with Crippen LogP contribution in [0.25, 0.3) is 0 Å². The minimum atomic E-state index is -4.28. The van der Waals surface area contributed by atoms with Crippen LogP contribution in [0.4, 0.5) is 13.2 Å². The third-order valence-corrected chi connectivity index (χ3v) is 3.25. The summed E-state index contributed by atoms with van der Waals surface area (Å²) in [6, 6.07) is 6.48. The van der Waals surface area contributed by atoms with E-state index in [1.54, 1.807) is 6.07 Å². The molecule has 0 aliphatic heterocycles. The van der Waals surface area contributed by atoms with Gasteiger partial charge in [0.05, 0.1) is 5.56 Å². The fraction of sp³-hybridized carbons (Fsp3) is 0.571. The van der Waals surface area contributed by atoms with Gasteiger partial charge < -0.3 is 10.6 Å². The van der Waals surface area contributed by atoms with Crippen molar-refractivity contribution in [3.05, 3.63) is 35.4 Å². The Morgan fingerprint density at radius 1 is 1.26 bits per heavy atom. The highest BCUT2D eigenvalue weighted by atomic mass is 19.4. The lowest BCUT2D eigenvalue weighted by Gasteiger charge is -2.17. The average Bonchev–Trinajstić information content (AvgIpc) is 3.17. The van der Waals surface area contributed by atoms with Crippen LogP contribution >= 0.6 is 0 Å². The molecule has 1 aliphatic rings. The first-order chi connectivity index (χ1) is 8.97. The highest BCUT2D eigenvalue weighted by Gasteiger charge is 2.32. The Balaban J connectivity index is 1.87. The molecule has 1 unspecified atom stereocenters. The van der Waals surface area contributed by atoms with Gasteiger partial charge in [-0.15, -0.1) is 0 Å². The van der Waals surface area contributed by atoms with Crippen LogP contribution in [0, 0.1) is 0 Å². The summed E-state index contributed by atoms with van der Waals surface area (Å²) < 4.78 is 38.4. The smallest absolute Gasteiger partial charge is 0.312 e. The number of nitrogens with one attached hydrogen (secondary N) is 2. The third kappa shape index (κ3) is 4.51. The van der Waals surface area contributed by atoms with Crippen LogP contribution < -0.4 is 10.6 Å². The van der Waals surface area contributed by atoms with Gasteiger partial charge in [-0.1, -0.05) is 18.2 Å². The summed E-state index contributed by atoms with van der Waals surface area (Å²) in [5.41, 5.74) is -0.252. The third-order valence-electron chi connectivity index (χ3n) is 3.25. The molecule has 0 amide bonds. The van der Waals surface area contributed by atoms with E-state index in [1.807, 2.05) is 6.92 Å². The molecule has 1 aromatic carbocycles. The lowest BCUT2D eigenvalue weighted by molar-refractivity contribution is -0.138. The van der Waals surface area contributed by atoms with E-state index in [1.165, 1.54) is 25.0 Å². The Labute approximate surface area is 111 Å². The van der Waals surface area contributed by atoms with Crippen molar-refractivity contribution in [2.24, 2.45) is 0 Å². The number of rotatable bonds is 6. The first kappa shape index (κ1) is 14.3. The van der Waals surface area contributed by atoms with Crippen molar-refractivity contribution >= 4 is 0 Å². The molecule has 0 saturated heterocycles. The molecular weight excluding hydrogens is 253 g/mol. The van der Waals surface area contributed by atoms with E-state index in [9.17, 15) is 13.2 Å². The lowest BCUT2D eigenvalue weighted by Crippen LogP contribution is -2.37. The van der Waals surface area contributed by atoms with Crippen molar-refractivity contribution in [1.29, 1.82) is 0 Å². The Bertz CT molecular complexity index is 413. The summed E-state index contributed by atoms with van der Waals surface area (Å²) in [5, 5.41) is 6.48. The molecule has 0 bridgehead atoms. The van der Waals surface area contributed by atoms with Gasteiger partial charge in [-0.05, 0) is 31.4 Å². The molecule has 1 fully saturated rings. The molecule has 106 valence electrons. The number of hydrogen-bond acceptors (Lipinski definition) is 2. The first-order valence-electron chi connectivity index (χ1n) is 6.58. The SMILES string of the molecule is CC(CNC1CC1)NCc1ccccc1C(F)(F)F. The van der Waals surface area contributed by atoms with Gasteiger partial charge in [0.15, 0.2) is 0 Å². The molecule has 2 N–H and O–H groups in total. The molecule has 0 radical (unpaired) electrons. The van der Waals surface area contributed by atoms with Crippen molar-refractivity contribution in [2.45, 2.75) is 44.6 Å². The maximum absolute atomic E-state index is 12.8. The summed E-state index contributed by atoms with van der Waals surface area (Å²) in [4.78, 5) is 0. The second-order valence-electron chi connectivity index (χ2n) is 5.12. The van der Waals surface area contributed by atoms with Crippen molar-refractivity contribution < 1.29 is 13.2 Å². The minimum absolute atomic E-state index is 0.155. The molecule has 0 spiro atoms. The second kappa shape index (κ2) is 5.92. The summed E-state index contributed by atoms with van der Waals surface area (Å²) in [6.45, 7) is 3.01. The summed E-state index contributed by atoms with van der Waals surface area (Å²) in [5.74, 6) is 0. The topological polar surface area (TPSA) is 24.1 Å². The fourth-order valence-electron chi connectivity index (χ4n) is 1.94. The summed E-state index contributed by atoms with van der Waals surface area (Å²) in [7, 11) is 0. The van der Waals surface area contributed by atoms with Gasteiger partial charge in [0, 0.05) is 25.2 Å². The van der Waals surface area contributed by atoms with Crippen molar-refractivity contribution in [2.75, 3.05) is 6.54 Å². The van der Waals surface area contributed by atoms with E-state index < -0.39 is 11.7 Å². The van der Waals surface area contributed by atoms with Gasteiger partial charge in [-0.25, -0.2) is 0 Å². The van der Waals surface area contributed by atoms with Gasteiger partial charge in [-0.3, -0.25) is 0 Å². The van der Waals surface area contributed by atoms with E-state index in [4.69, 9.17) is 0 Å². The zero-order valence-electron chi connectivity index (χ0n) is 10.9. The molecular formula is C14H19F3N2. The predicted octanol–water partition coefficient (Wildman–Crippen LogP) is 2.94. The van der Waals surface area contributed by atoms with Gasteiger partial charge in [0.25, 0.3) is 0 Å². The zero-order valence-corrected chi connectivity index (χ0v) is 10.9. The minimum Gasteiger partial charge on any atom is -0.312 e. The second-order valence-corrected chi connectivity index (χ2v) is 5.12. The van der Waals surface area contributed by atoms with E-state index in [0.717, 1.165) is 12.6 Å². The molecule has 1 saturated carbocycles. The van der Waals surface area contributed by atoms with E-state index >= 15 is 0 Å². The molecule has 1 atom stereocenters. The molecule has 1 aromatic rings. The standard InChI is InChI=1S/C14H19F3N2/c1-10(8-19-12-6-7-12)18-9-11-4-2-3-5-13(11)14(15,16)17/h2-5,10,12,18-19H,6-9H2,1H3. The van der Waals surface area contributed by atoms with Crippen LogP contribution in [-0.4, -0.2) is 18.6 Å². The van der Waals surface area contributed by atoms with Crippen molar-refractivity contribution in [1.82, 2.24) is 10.6 Å². The average molecular weight is 272 g/mol. The zero-order chi connectivity index (χ0) is 13.9. The number of hydrogen-bond donors (Lipinski definition) is 2. The molecule has 2 nitrogen and oxygen atoms in total. The fourth-order valence-corrected chi connectivity index (χ4v) is 1.94. The number of alkyl halides is 3. The lowest BCUT2D eigenvalue weighted by atomic mass is 10.1. The maximum atomic E-state index is 12.8. The Morgan fingerprint density at radius 3 is 2.58 bits per heavy atom. The van der Waals surface area contributed by atoms with Gasteiger partial charge >= 0.3 is 6.18 Å². The van der Waals surface area contributed by atoms with Gasteiger partial charge in [0.2, 0.25) is 0 Å². The molecule has 0 aromatic heterocycles. The highest BCUT2D eigenvalue weighted by Crippen LogP contribution is 2.31. The molecule has 2 rings (SSSR count). The van der Waals surface area contributed by atoms with Crippen LogP contribution in [0.2, 0.25) is 0 Å². The molecule has 1 aliphatic carbocycles. The quantitative estimate of drug-likeness (QED) is 0.832. The maximum Gasteiger partial charge on any atom is 0.416 e. The van der Waals surface area contributed by atoms with E-state index in [0.29, 0.717) is 11.6 Å². The Kier molecular flexibility index (Phi) is 4.47. The number of halogens is 3. The van der Waals surface area contributed by atoms with E-state index in [2.05, 4.69) is 10.6 Å². The molecule has 19 heavy (non-hydrogen) atoms. The Morgan fingerprint density at radius 2 is 1.95 bits per heavy atom. The van der Waals surface area contributed by atoms with Gasteiger partial charge in [0.1, 0.15) is 0 Å².